The van der Waals surface area contributed by atoms with Crippen molar-refractivity contribution in [3.63, 3.8) is 0 Å². The van der Waals surface area contributed by atoms with Crippen molar-refractivity contribution in [1.29, 1.82) is 0 Å². The molecule has 0 aliphatic carbocycles. The number of nitrogens with zero attached hydrogens (tertiary/aromatic N) is 3. The molecular formula is C15H29N3. The molecule has 2 heterocycles. The third-order valence-electron chi connectivity index (χ3n) is 2.65. The topological polar surface area (TPSA) is 29.0 Å². The largest absolute Gasteiger partial charge is 0.341 e. The molecule has 104 valence electrons. The van der Waals surface area contributed by atoms with E-state index in [-0.39, 0.29) is 0 Å². The molecule has 1 saturated heterocycles. The number of aryl methyl sites for hydroxylation is 2. The van der Waals surface area contributed by atoms with E-state index in [1.807, 2.05) is 34.6 Å². The summed E-state index contributed by atoms with van der Waals surface area (Å²) in [5.41, 5.74) is 2.23. The average Bonchev–Trinajstić information content (AvgIpc) is 2.96. The summed E-state index contributed by atoms with van der Waals surface area (Å²) in [5, 5.41) is 0. The Morgan fingerprint density at radius 3 is 2.11 bits per heavy atom. The van der Waals surface area contributed by atoms with Crippen molar-refractivity contribution in [3.05, 3.63) is 17.5 Å². The van der Waals surface area contributed by atoms with E-state index in [9.17, 15) is 0 Å². The molecular weight excluding hydrogens is 222 g/mol. The Hall–Kier alpha value is -1.12. The Labute approximate surface area is 113 Å². The maximum atomic E-state index is 4.55. The first-order valence-corrected chi connectivity index (χ1v) is 7.39. The summed E-state index contributed by atoms with van der Waals surface area (Å²) in [5.74, 6) is 0.930. The minimum Gasteiger partial charge on any atom is -0.341 e. The van der Waals surface area contributed by atoms with Gasteiger partial charge in [-0.05, 0) is 32.3 Å². The van der Waals surface area contributed by atoms with Crippen LogP contribution >= 0.6 is 0 Å². The lowest BCUT2D eigenvalue weighted by Gasteiger charge is -2.16. The highest BCUT2D eigenvalue weighted by molar-refractivity contribution is 5.33. The van der Waals surface area contributed by atoms with Gasteiger partial charge < -0.3 is 4.90 Å². The normalized spacial score (nSPS) is 13.3. The zero-order chi connectivity index (χ0) is 14.0. The van der Waals surface area contributed by atoms with Crippen molar-refractivity contribution in [1.82, 2.24) is 9.97 Å². The van der Waals surface area contributed by atoms with E-state index in [1.165, 1.54) is 12.8 Å². The van der Waals surface area contributed by atoms with Crippen LogP contribution in [0, 0.1) is 6.92 Å². The third-order valence-corrected chi connectivity index (χ3v) is 2.65. The van der Waals surface area contributed by atoms with Gasteiger partial charge in [0.05, 0.1) is 0 Å². The highest BCUT2D eigenvalue weighted by atomic mass is 15.3. The van der Waals surface area contributed by atoms with Crippen LogP contribution in [0.3, 0.4) is 0 Å². The van der Waals surface area contributed by atoms with Crippen LogP contribution in [0.25, 0.3) is 0 Å². The van der Waals surface area contributed by atoms with Crippen LogP contribution in [-0.2, 0) is 6.42 Å². The molecule has 1 aromatic rings. The molecule has 1 aromatic heterocycles. The van der Waals surface area contributed by atoms with Crippen LogP contribution in [0.15, 0.2) is 6.07 Å². The molecule has 0 aromatic carbocycles. The summed E-state index contributed by atoms with van der Waals surface area (Å²) in [7, 11) is 0. The summed E-state index contributed by atoms with van der Waals surface area (Å²) in [6.45, 7) is 14.4. The number of aromatic nitrogens is 2. The first-order chi connectivity index (χ1) is 8.79. The zero-order valence-electron chi connectivity index (χ0n) is 13.0. The van der Waals surface area contributed by atoms with Gasteiger partial charge in [-0.2, -0.15) is 0 Å². The maximum absolute atomic E-state index is 4.55. The molecule has 2 rings (SSSR count). The molecule has 3 heteroatoms. The van der Waals surface area contributed by atoms with Gasteiger partial charge in [-0.3, -0.25) is 0 Å². The highest BCUT2D eigenvalue weighted by Gasteiger charge is 2.15. The summed E-state index contributed by atoms with van der Waals surface area (Å²) >= 11 is 0. The van der Waals surface area contributed by atoms with Crippen molar-refractivity contribution in [3.8, 4) is 0 Å². The van der Waals surface area contributed by atoms with E-state index in [0.29, 0.717) is 0 Å². The quantitative estimate of drug-likeness (QED) is 0.795. The average molecular weight is 251 g/mol. The summed E-state index contributed by atoms with van der Waals surface area (Å²) in [6, 6.07) is 2.07. The van der Waals surface area contributed by atoms with Crippen LogP contribution in [0.2, 0.25) is 0 Å². The van der Waals surface area contributed by atoms with Gasteiger partial charge >= 0.3 is 0 Å². The fourth-order valence-corrected chi connectivity index (χ4v) is 1.86. The second kappa shape index (κ2) is 9.86. The van der Waals surface area contributed by atoms with Crippen molar-refractivity contribution in [2.24, 2.45) is 0 Å². The van der Waals surface area contributed by atoms with E-state index in [0.717, 1.165) is 36.8 Å². The third kappa shape index (κ3) is 5.03. The van der Waals surface area contributed by atoms with Gasteiger partial charge in [0.1, 0.15) is 0 Å². The Kier molecular flexibility index (Phi) is 9.25. The lowest BCUT2D eigenvalue weighted by Crippen LogP contribution is -2.21. The maximum Gasteiger partial charge on any atom is 0.225 e. The molecule has 0 amide bonds. The van der Waals surface area contributed by atoms with Crippen molar-refractivity contribution in [2.45, 2.75) is 60.8 Å². The van der Waals surface area contributed by atoms with Crippen LogP contribution in [0.1, 0.15) is 58.8 Å². The van der Waals surface area contributed by atoms with Gasteiger partial charge in [0.2, 0.25) is 5.95 Å². The Morgan fingerprint density at radius 1 is 1.06 bits per heavy atom. The van der Waals surface area contributed by atoms with Gasteiger partial charge in [-0.25, -0.2) is 9.97 Å². The lowest BCUT2D eigenvalue weighted by molar-refractivity contribution is 0.864. The first kappa shape index (κ1) is 16.9. The second-order valence-corrected chi connectivity index (χ2v) is 3.85. The van der Waals surface area contributed by atoms with Gasteiger partial charge in [0.15, 0.2) is 0 Å². The van der Waals surface area contributed by atoms with Crippen molar-refractivity contribution < 1.29 is 0 Å². The second-order valence-electron chi connectivity index (χ2n) is 3.85. The molecule has 0 unspecified atom stereocenters. The molecule has 0 bridgehead atoms. The fraction of sp³-hybridized carbons (Fsp3) is 0.733. The molecule has 3 nitrogen and oxygen atoms in total. The Morgan fingerprint density at radius 2 is 1.61 bits per heavy atom. The molecule has 0 atom stereocenters. The van der Waals surface area contributed by atoms with E-state index in [1.54, 1.807) is 0 Å². The molecule has 0 saturated carbocycles. The van der Waals surface area contributed by atoms with Gasteiger partial charge in [-0.15, -0.1) is 0 Å². The monoisotopic (exact) mass is 251 g/mol. The van der Waals surface area contributed by atoms with E-state index in [2.05, 4.69) is 27.9 Å². The van der Waals surface area contributed by atoms with Gasteiger partial charge in [-0.1, -0.05) is 34.6 Å². The molecule has 0 N–H and O–H groups in total. The minimum absolute atomic E-state index is 0.930. The number of rotatable bonds is 2. The van der Waals surface area contributed by atoms with Crippen molar-refractivity contribution >= 4 is 5.95 Å². The van der Waals surface area contributed by atoms with Gasteiger partial charge in [0.25, 0.3) is 0 Å². The lowest BCUT2D eigenvalue weighted by atomic mass is 10.3. The zero-order valence-corrected chi connectivity index (χ0v) is 13.0. The van der Waals surface area contributed by atoms with Crippen molar-refractivity contribution in [2.75, 3.05) is 18.0 Å². The predicted molar refractivity (Wildman–Crippen MR) is 80.3 cm³/mol. The molecule has 1 aliphatic rings. The molecule has 1 fully saturated rings. The number of hydrogen-bond acceptors (Lipinski definition) is 3. The first-order valence-electron chi connectivity index (χ1n) is 7.39. The fourth-order valence-electron chi connectivity index (χ4n) is 1.86. The Balaban J connectivity index is 0.000000659. The van der Waals surface area contributed by atoms with Crippen LogP contribution in [-0.4, -0.2) is 23.1 Å². The molecule has 0 radical (unpaired) electrons. The summed E-state index contributed by atoms with van der Waals surface area (Å²) in [6.07, 6.45) is 3.54. The highest BCUT2D eigenvalue weighted by Crippen LogP contribution is 2.16. The molecule has 1 aliphatic heterocycles. The van der Waals surface area contributed by atoms with E-state index < -0.39 is 0 Å². The standard InChI is InChI=1S/C11H17N3.2C2H6/c1-3-10-8-9(2)12-11(13-10)14-6-4-5-7-14;2*1-2/h8H,3-7H2,1-2H3;2*1-2H3. The minimum atomic E-state index is 0.930. The predicted octanol–water partition coefficient (Wildman–Crippen LogP) is 4.00. The van der Waals surface area contributed by atoms with Gasteiger partial charge in [0, 0.05) is 24.5 Å². The van der Waals surface area contributed by atoms with Crippen LogP contribution in [0.5, 0.6) is 0 Å². The summed E-state index contributed by atoms with van der Waals surface area (Å²) in [4.78, 5) is 11.3. The van der Waals surface area contributed by atoms with Crippen LogP contribution in [0.4, 0.5) is 5.95 Å². The SMILES string of the molecule is CC.CC.CCc1cc(C)nc(N2CCCC2)n1. The molecule has 18 heavy (non-hydrogen) atoms. The smallest absolute Gasteiger partial charge is 0.225 e. The van der Waals surface area contributed by atoms with Crippen LogP contribution < -0.4 is 4.90 Å². The Bertz CT molecular complexity index is 318. The molecule has 0 spiro atoms. The van der Waals surface area contributed by atoms with E-state index >= 15 is 0 Å². The number of anilines is 1. The summed E-state index contributed by atoms with van der Waals surface area (Å²) < 4.78 is 0. The number of hydrogen-bond donors (Lipinski definition) is 0. The van der Waals surface area contributed by atoms with E-state index in [4.69, 9.17) is 0 Å².